The van der Waals surface area contributed by atoms with Crippen LogP contribution in [0.5, 0.6) is 0 Å². The van der Waals surface area contributed by atoms with Crippen molar-refractivity contribution in [1.82, 2.24) is 5.32 Å². The highest BCUT2D eigenvalue weighted by atomic mass is 16.6. The lowest BCUT2D eigenvalue weighted by Crippen LogP contribution is -2.35. The molecule has 0 unspecified atom stereocenters. The average molecular weight is 247 g/mol. The molecule has 18 heavy (non-hydrogen) atoms. The van der Waals surface area contributed by atoms with E-state index in [0.29, 0.717) is 6.54 Å². The Morgan fingerprint density at radius 3 is 3.00 bits per heavy atom. The molecule has 0 saturated heterocycles. The van der Waals surface area contributed by atoms with Crippen molar-refractivity contribution in [2.45, 2.75) is 26.4 Å². The second-order valence-corrected chi connectivity index (χ2v) is 4.46. The molecule has 2 amide bonds. The Labute approximate surface area is 106 Å². The van der Waals surface area contributed by atoms with E-state index < -0.39 is 0 Å². The fraction of sp³-hybridized carbons (Fsp3) is 0.385. The lowest BCUT2D eigenvalue weighted by Gasteiger charge is -2.11. The summed E-state index contributed by atoms with van der Waals surface area (Å²) in [5, 5.41) is 9.38. The topological polar surface area (TPSA) is 62.7 Å². The van der Waals surface area contributed by atoms with Crippen LogP contribution in [0.1, 0.15) is 18.9 Å². The molecule has 2 rings (SSSR count). The summed E-state index contributed by atoms with van der Waals surface area (Å²) in [5.41, 5.74) is 2.85. The van der Waals surface area contributed by atoms with Crippen LogP contribution >= 0.6 is 0 Å². The van der Waals surface area contributed by atoms with Gasteiger partial charge in [0, 0.05) is 12.1 Å². The van der Waals surface area contributed by atoms with E-state index in [2.05, 4.69) is 15.8 Å². The molecule has 1 aliphatic heterocycles. The van der Waals surface area contributed by atoms with Crippen LogP contribution in [-0.4, -0.2) is 24.4 Å². The van der Waals surface area contributed by atoms with Gasteiger partial charge in [0.1, 0.15) is 6.10 Å². The lowest BCUT2D eigenvalue weighted by molar-refractivity contribution is 0.0870. The van der Waals surface area contributed by atoms with Crippen LogP contribution in [0.25, 0.3) is 0 Å². The number of carbonyl (C=O) groups is 1. The number of anilines is 1. The Balaban J connectivity index is 1.76. The molecule has 0 aliphatic carbocycles. The second-order valence-electron chi connectivity index (χ2n) is 4.46. The third kappa shape index (κ3) is 3.48. The van der Waals surface area contributed by atoms with Gasteiger partial charge in [0.15, 0.2) is 0 Å². The van der Waals surface area contributed by atoms with Crippen LogP contribution in [-0.2, 0) is 4.84 Å². The van der Waals surface area contributed by atoms with E-state index in [-0.39, 0.29) is 12.1 Å². The number of aryl methyl sites for hydroxylation is 1. The molecule has 0 spiro atoms. The van der Waals surface area contributed by atoms with Gasteiger partial charge >= 0.3 is 6.03 Å². The van der Waals surface area contributed by atoms with Crippen LogP contribution in [0.2, 0.25) is 0 Å². The van der Waals surface area contributed by atoms with E-state index in [4.69, 9.17) is 4.84 Å². The van der Waals surface area contributed by atoms with E-state index >= 15 is 0 Å². The molecule has 0 aromatic heterocycles. The van der Waals surface area contributed by atoms with Crippen molar-refractivity contribution in [2.75, 3.05) is 11.9 Å². The molecule has 1 aromatic rings. The first-order valence-electron chi connectivity index (χ1n) is 5.94. The predicted octanol–water partition coefficient (Wildman–Crippen LogP) is 2.28. The summed E-state index contributed by atoms with van der Waals surface area (Å²) in [7, 11) is 0. The number of oxime groups is 1. The molecule has 1 aliphatic rings. The standard InChI is InChI=1S/C13H17N3O2/c1-9-4-3-5-11(6-9)15-13(17)14-8-12-7-10(2)16-18-12/h3-6,12H,7-8H2,1-2H3,(H2,14,15,17)/t12-/m1/s1. The zero-order chi connectivity index (χ0) is 13.0. The summed E-state index contributed by atoms with van der Waals surface area (Å²) in [6.07, 6.45) is 0.721. The molecule has 1 heterocycles. The van der Waals surface area contributed by atoms with Gasteiger partial charge < -0.3 is 15.5 Å². The number of rotatable bonds is 3. The highest BCUT2D eigenvalue weighted by Gasteiger charge is 2.18. The molecule has 2 N–H and O–H groups in total. The second kappa shape index (κ2) is 5.53. The monoisotopic (exact) mass is 247 g/mol. The van der Waals surface area contributed by atoms with Crippen molar-refractivity contribution in [3.63, 3.8) is 0 Å². The molecule has 0 radical (unpaired) electrons. The van der Waals surface area contributed by atoms with Gasteiger partial charge in [-0.2, -0.15) is 0 Å². The summed E-state index contributed by atoms with van der Waals surface area (Å²) < 4.78 is 0. The zero-order valence-corrected chi connectivity index (χ0v) is 10.6. The maximum Gasteiger partial charge on any atom is 0.319 e. The third-order valence-electron chi connectivity index (χ3n) is 2.65. The first kappa shape index (κ1) is 12.4. The van der Waals surface area contributed by atoms with Crippen LogP contribution in [0.4, 0.5) is 10.5 Å². The van der Waals surface area contributed by atoms with Gasteiger partial charge in [-0.3, -0.25) is 0 Å². The average Bonchev–Trinajstić information content (AvgIpc) is 2.73. The summed E-state index contributed by atoms with van der Waals surface area (Å²) in [6.45, 7) is 4.35. The molecule has 1 aromatic carbocycles. The summed E-state index contributed by atoms with van der Waals surface area (Å²) >= 11 is 0. The molecule has 0 fully saturated rings. The maximum atomic E-state index is 11.6. The fourth-order valence-corrected chi connectivity index (χ4v) is 1.78. The Hall–Kier alpha value is -2.04. The molecular weight excluding hydrogens is 230 g/mol. The van der Waals surface area contributed by atoms with Crippen molar-refractivity contribution in [3.05, 3.63) is 29.8 Å². The highest BCUT2D eigenvalue weighted by Crippen LogP contribution is 2.10. The first-order valence-corrected chi connectivity index (χ1v) is 5.94. The van der Waals surface area contributed by atoms with Crippen LogP contribution in [0.15, 0.2) is 29.4 Å². The number of urea groups is 1. The van der Waals surface area contributed by atoms with E-state index in [0.717, 1.165) is 23.4 Å². The van der Waals surface area contributed by atoms with Gasteiger partial charge in [-0.1, -0.05) is 17.3 Å². The first-order chi connectivity index (χ1) is 8.63. The quantitative estimate of drug-likeness (QED) is 0.860. The SMILES string of the molecule is CC1=NO[C@@H](CNC(=O)Nc2cccc(C)c2)C1. The number of hydrogen-bond donors (Lipinski definition) is 2. The normalized spacial score (nSPS) is 17.9. The largest absolute Gasteiger partial charge is 0.390 e. The smallest absolute Gasteiger partial charge is 0.319 e. The van der Waals surface area contributed by atoms with E-state index in [9.17, 15) is 4.79 Å². The van der Waals surface area contributed by atoms with Crippen molar-refractivity contribution >= 4 is 17.4 Å². The third-order valence-corrected chi connectivity index (χ3v) is 2.65. The Kier molecular flexibility index (Phi) is 3.82. The Morgan fingerprint density at radius 2 is 2.33 bits per heavy atom. The molecule has 1 atom stereocenters. The van der Waals surface area contributed by atoms with Crippen molar-refractivity contribution in [3.8, 4) is 0 Å². The van der Waals surface area contributed by atoms with Gasteiger partial charge in [0.05, 0.1) is 12.3 Å². The van der Waals surface area contributed by atoms with Crippen LogP contribution in [0.3, 0.4) is 0 Å². The number of nitrogens with zero attached hydrogens (tertiary/aromatic N) is 1. The summed E-state index contributed by atoms with van der Waals surface area (Å²) in [5.74, 6) is 0. The molecule has 5 nitrogen and oxygen atoms in total. The van der Waals surface area contributed by atoms with E-state index in [1.807, 2.05) is 38.1 Å². The summed E-state index contributed by atoms with van der Waals surface area (Å²) in [4.78, 5) is 16.8. The van der Waals surface area contributed by atoms with Gasteiger partial charge in [0.2, 0.25) is 0 Å². The minimum Gasteiger partial charge on any atom is -0.390 e. The lowest BCUT2D eigenvalue weighted by atomic mass is 10.2. The minimum atomic E-state index is -0.228. The highest BCUT2D eigenvalue weighted by molar-refractivity contribution is 5.89. The van der Waals surface area contributed by atoms with Crippen molar-refractivity contribution in [1.29, 1.82) is 0 Å². The molecule has 5 heteroatoms. The molecule has 0 saturated carbocycles. The minimum absolute atomic E-state index is 0.0479. The van der Waals surface area contributed by atoms with Crippen molar-refractivity contribution in [2.24, 2.45) is 5.16 Å². The number of carbonyl (C=O) groups excluding carboxylic acids is 1. The van der Waals surface area contributed by atoms with Crippen LogP contribution < -0.4 is 10.6 Å². The zero-order valence-electron chi connectivity index (χ0n) is 10.6. The van der Waals surface area contributed by atoms with Crippen molar-refractivity contribution < 1.29 is 9.63 Å². The van der Waals surface area contributed by atoms with E-state index in [1.54, 1.807) is 0 Å². The molecular formula is C13H17N3O2. The predicted molar refractivity (Wildman–Crippen MR) is 70.8 cm³/mol. The molecule has 96 valence electrons. The Bertz CT molecular complexity index is 471. The van der Waals surface area contributed by atoms with E-state index in [1.165, 1.54) is 0 Å². The van der Waals surface area contributed by atoms with Gasteiger partial charge in [-0.25, -0.2) is 4.79 Å². The number of benzene rings is 1. The Morgan fingerprint density at radius 1 is 1.50 bits per heavy atom. The summed E-state index contributed by atoms with van der Waals surface area (Å²) in [6, 6.07) is 7.43. The van der Waals surface area contributed by atoms with Gasteiger partial charge in [0.25, 0.3) is 0 Å². The van der Waals surface area contributed by atoms with Gasteiger partial charge in [-0.15, -0.1) is 0 Å². The maximum absolute atomic E-state index is 11.6. The fourth-order valence-electron chi connectivity index (χ4n) is 1.78. The number of amides is 2. The number of hydrogen-bond acceptors (Lipinski definition) is 3. The van der Waals surface area contributed by atoms with Gasteiger partial charge in [-0.05, 0) is 31.5 Å². The van der Waals surface area contributed by atoms with Crippen LogP contribution in [0, 0.1) is 6.92 Å². The number of nitrogens with one attached hydrogen (secondary N) is 2. The molecule has 0 bridgehead atoms.